The van der Waals surface area contributed by atoms with Gasteiger partial charge in [-0.05, 0) is 30.7 Å². The van der Waals surface area contributed by atoms with Gasteiger partial charge in [0.05, 0.1) is 12.8 Å². The Morgan fingerprint density at radius 1 is 1.19 bits per heavy atom. The van der Waals surface area contributed by atoms with Crippen molar-refractivity contribution in [1.29, 1.82) is 0 Å². The van der Waals surface area contributed by atoms with Crippen molar-refractivity contribution in [1.82, 2.24) is 14.9 Å². The molecule has 0 unspecified atom stereocenters. The largest absolute Gasteiger partial charge is 0.460 e. The van der Waals surface area contributed by atoms with Crippen molar-refractivity contribution < 1.29 is 14.0 Å². The van der Waals surface area contributed by atoms with Crippen molar-refractivity contribution >= 4 is 28.9 Å². The Morgan fingerprint density at radius 2 is 2.04 bits per heavy atom. The second-order valence-electron chi connectivity index (χ2n) is 6.96. The van der Waals surface area contributed by atoms with Crippen molar-refractivity contribution in [2.45, 2.75) is 25.9 Å². The molecule has 2 aromatic heterocycles. The molecule has 2 amide bonds. The van der Waals surface area contributed by atoms with Gasteiger partial charge in [0.25, 0.3) is 5.91 Å². The Balaban J connectivity index is 1.45. The molecule has 5 rings (SSSR count). The standard InChI is InChI=1S/C20H18N4O3/c1-12-6-7-13(27-12)9-21-24-11-19(25)23-10-17-15(8-18(23)20(24)26)14-4-2-3-5-16(14)22-17/h2-7,9,18,22H,8,10-11H2,1H3/t18-/m0/s1. The number of hydrogen-bond donors (Lipinski definition) is 1. The number of amides is 2. The molecule has 1 N–H and O–H groups in total. The minimum Gasteiger partial charge on any atom is -0.460 e. The van der Waals surface area contributed by atoms with E-state index in [-0.39, 0.29) is 18.4 Å². The van der Waals surface area contributed by atoms with Gasteiger partial charge in [-0.25, -0.2) is 5.01 Å². The van der Waals surface area contributed by atoms with Crippen LogP contribution in [0.5, 0.6) is 0 Å². The van der Waals surface area contributed by atoms with Crippen LogP contribution in [0.2, 0.25) is 0 Å². The maximum absolute atomic E-state index is 13.0. The highest BCUT2D eigenvalue weighted by Crippen LogP contribution is 2.32. The molecule has 4 heterocycles. The first-order valence-electron chi connectivity index (χ1n) is 8.90. The number of nitrogens with zero attached hydrogens (tertiary/aromatic N) is 3. The van der Waals surface area contributed by atoms with Crippen molar-refractivity contribution in [3.63, 3.8) is 0 Å². The molecule has 3 aromatic rings. The van der Waals surface area contributed by atoms with Gasteiger partial charge in [-0.3, -0.25) is 9.59 Å². The first-order chi connectivity index (χ1) is 13.1. The van der Waals surface area contributed by atoms with Crippen LogP contribution in [0.4, 0.5) is 0 Å². The van der Waals surface area contributed by atoms with Crippen LogP contribution in [-0.2, 0) is 22.6 Å². The highest BCUT2D eigenvalue weighted by atomic mass is 16.3. The quantitative estimate of drug-likeness (QED) is 0.710. The summed E-state index contributed by atoms with van der Waals surface area (Å²) < 4.78 is 5.44. The zero-order valence-electron chi connectivity index (χ0n) is 14.8. The topological polar surface area (TPSA) is 81.9 Å². The van der Waals surface area contributed by atoms with Gasteiger partial charge in [0.1, 0.15) is 24.1 Å². The van der Waals surface area contributed by atoms with Crippen LogP contribution in [0.25, 0.3) is 10.9 Å². The van der Waals surface area contributed by atoms with Crippen LogP contribution in [0.3, 0.4) is 0 Å². The van der Waals surface area contributed by atoms with Gasteiger partial charge in [0.2, 0.25) is 5.91 Å². The smallest absolute Gasteiger partial charge is 0.266 e. The number of aromatic amines is 1. The molecule has 1 fully saturated rings. The van der Waals surface area contributed by atoms with E-state index in [1.807, 2.05) is 37.3 Å². The summed E-state index contributed by atoms with van der Waals surface area (Å²) in [4.78, 5) is 30.7. The molecule has 0 radical (unpaired) electrons. The van der Waals surface area contributed by atoms with Gasteiger partial charge in [-0.1, -0.05) is 18.2 Å². The van der Waals surface area contributed by atoms with Crippen LogP contribution in [-0.4, -0.2) is 45.5 Å². The van der Waals surface area contributed by atoms with Crippen molar-refractivity contribution in [3.05, 3.63) is 59.2 Å². The van der Waals surface area contributed by atoms with E-state index in [4.69, 9.17) is 4.42 Å². The van der Waals surface area contributed by atoms with Gasteiger partial charge in [-0.15, -0.1) is 0 Å². The second kappa shape index (κ2) is 5.84. The lowest BCUT2D eigenvalue weighted by Gasteiger charge is -2.40. The van der Waals surface area contributed by atoms with Crippen LogP contribution >= 0.6 is 0 Å². The average Bonchev–Trinajstić information content (AvgIpc) is 3.25. The lowest BCUT2D eigenvalue weighted by atomic mass is 9.94. The van der Waals surface area contributed by atoms with E-state index in [0.717, 1.165) is 27.9 Å². The van der Waals surface area contributed by atoms with E-state index in [1.165, 1.54) is 11.2 Å². The molecule has 0 bridgehead atoms. The summed E-state index contributed by atoms with van der Waals surface area (Å²) in [5.74, 6) is 1.06. The van der Waals surface area contributed by atoms with Gasteiger partial charge >= 0.3 is 0 Å². The number of para-hydroxylation sites is 1. The maximum atomic E-state index is 13.0. The molecule has 27 heavy (non-hydrogen) atoms. The molecule has 2 aliphatic rings. The molecule has 0 aliphatic carbocycles. The summed E-state index contributed by atoms with van der Waals surface area (Å²) in [6.45, 7) is 2.21. The summed E-state index contributed by atoms with van der Waals surface area (Å²) in [5.41, 5.74) is 3.16. The highest BCUT2D eigenvalue weighted by molar-refractivity contribution is 5.97. The zero-order valence-corrected chi connectivity index (χ0v) is 14.8. The minimum atomic E-state index is -0.520. The van der Waals surface area contributed by atoms with E-state index in [9.17, 15) is 9.59 Å². The van der Waals surface area contributed by atoms with E-state index in [1.54, 1.807) is 11.0 Å². The number of furan rings is 1. The monoisotopic (exact) mass is 362 g/mol. The number of fused-ring (bicyclic) bond motifs is 4. The highest BCUT2D eigenvalue weighted by Gasteiger charge is 2.43. The first-order valence-corrected chi connectivity index (χ1v) is 8.90. The SMILES string of the molecule is Cc1ccc(C=NN2CC(=O)N3Cc4[nH]c5ccccc5c4C[C@H]3C2=O)o1. The van der Waals surface area contributed by atoms with Gasteiger partial charge in [-0.2, -0.15) is 5.10 Å². The number of hydrazone groups is 1. The van der Waals surface area contributed by atoms with E-state index >= 15 is 0 Å². The van der Waals surface area contributed by atoms with Crippen molar-refractivity contribution in [2.75, 3.05) is 6.54 Å². The predicted octanol–water partition coefficient (Wildman–Crippen LogP) is 2.20. The fraction of sp³-hybridized carbons (Fsp3) is 0.250. The third-order valence-electron chi connectivity index (χ3n) is 5.23. The Labute approximate surface area is 155 Å². The molecule has 1 aromatic carbocycles. The molecule has 1 saturated heterocycles. The van der Waals surface area contributed by atoms with Gasteiger partial charge < -0.3 is 14.3 Å². The number of carbonyl (C=O) groups excluding carboxylic acids is 2. The molecule has 2 aliphatic heterocycles. The van der Waals surface area contributed by atoms with E-state index in [2.05, 4.69) is 10.1 Å². The molecule has 0 spiro atoms. The predicted molar refractivity (Wildman–Crippen MR) is 99.1 cm³/mol. The summed E-state index contributed by atoms with van der Waals surface area (Å²) in [7, 11) is 0. The van der Waals surface area contributed by atoms with Crippen LogP contribution in [0.1, 0.15) is 22.8 Å². The molecular weight excluding hydrogens is 344 g/mol. The summed E-state index contributed by atoms with van der Waals surface area (Å²) in [5, 5.41) is 6.57. The second-order valence-corrected chi connectivity index (χ2v) is 6.96. The van der Waals surface area contributed by atoms with Crippen LogP contribution < -0.4 is 0 Å². The van der Waals surface area contributed by atoms with Crippen LogP contribution in [0.15, 0.2) is 45.9 Å². The molecule has 136 valence electrons. The number of rotatable bonds is 2. The van der Waals surface area contributed by atoms with Gasteiger partial charge in [0.15, 0.2) is 0 Å². The first kappa shape index (κ1) is 15.9. The summed E-state index contributed by atoms with van der Waals surface area (Å²) >= 11 is 0. The number of benzene rings is 1. The molecule has 1 atom stereocenters. The number of H-pyrrole nitrogens is 1. The summed E-state index contributed by atoms with van der Waals surface area (Å²) in [6.07, 6.45) is 1.98. The Bertz CT molecular complexity index is 1090. The third kappa shape index (κ3) is 2.54. The van der Waals surface area contributed by atoms with Crippen molar-refractivity contribution in [3.8, 4) is 0 Å². The Kier molecular flexibility index (Phi) is 3.43. The average molecular weight is 362 g/mol. The van der Waals surface area contributed by atoms with Crippen LogP contribution in [0, 0.1) is 6.92 Å². The normalized spacial score (nSPS) is 19.8. The number of aromatic nitrogens is 1. The van der Waals surface area contributed by atoms with E-state index < -0.39 is 6.04 Å². The fourth-order valence-electron chi connectivity index (χ4n) is 3.91. The number of hydrogen-bond acceptors (Lipinski definition) is 4. The molecule has 0 saturated carbocycles. The van der Waals surface area contributed by atoms with Gasteiger partial charge in [0, 0.05) is 23.0 Å². The lowest BCUT2D eigenvalue weighted by Crippen LogP contribution is -2.60. The lowest BCUT2D eigenvalue weighted by molar-refractivity contribution is -0.157. The Hall–Kier alpha value is -3.35. The van der Waals surface area contributed by atoms with E-state index in [0.29, 0.717) is 18.7 Å². The number of aryl methyl sites for hydroxylation is 1. The van der Waals surface area contributed by atoms with Crippen molar-refractivity contribution in [2.24, 2.45) is 5.10 Å². The summed E-state index contributed by atoms with van der Waals surface area (Å²) in [6, 6.07) is 11.1. The third-order valence-corrected chi connectivity index (χ3v) is 5.23. The maximum Gasteiger partial charge on any atom is 0.266 e. The zero-order chi connectivity index (χ0) is 18.5. The molecule has 7 nitrogen and oxygen atoms in total. The molecule has 7 heteroatoms. The number of nitrogens with one attached hydrogen (secondary N) is 1. The minimum absolute atomic E-state index is 0.0545. The fourth-order valence-corrected chi connectivity index (χ4v) is 3.91. The Morgan fingerprint density at radius 3 is 2.85 bits per heavy atom. The number of carbonyl (C=O) groups is 2. The molecular formula is C20H18N4O3. The number of piperazine rings is 1.